The highest BCUT2D eigenvalue weighted by Crippen LogP contribution is 1.94. The maximum absolute atomic E-state index is 8.44. The van der Waals surface area contributed by atoms with E-state index >= 15 is 0 Å². The van der Waals surface area contributed by atoms with Gasteiger partial charge in [0.15, 0.2) is 0 Å². The molecule has 0 spiro atoms. The van der Waals surface area contributed by atoms with E-state index in [9.17, 15) is 0 Å². The molecule has 0 radical (unpaired) electrons. The summed E-state index contributed by atoms with van der Waals surface area (Å²) in [4.78, 5) is 3.89. The Hall–Kier alpha value is -1.89. The molecule has 0 aliphatic rings. The van der Waals surface area contributed by atoms with Crippen molar-refractivity contribution < 1.29 is 0 Å². The summed E-state index contributed by atoms with van der Waals surface area (Å²) in [5.74, 6) is 4.90. The largest absolute Gasteiger partial charge is 0.323 e. The number of nitriles is 1. The number of hydrazone groups is 1. The van der Waals surface area contributed by atoms with Crippen LogP contribution in [-0.4, -0.2) is 11.2 Å². The number of rotatable bonds is 1. The molecule has 1 rings (SSSR count). The summed E-state index contributed by atoms with van der Waals surface area (Å²) >= 11 is 0. The summed E-state index contributed by atoms with van der Waals surface area (Å²) < 4.78 is 0. The number of pyridine rings is 1. The molecule has 54 valence electrons. The van der Waals surface area contributed by atoms with Crippen molar-refractivity contribution in [2.75, 3.05) is 0 Å². The van der Waals surface area contributed by atoms with E-state index in [4.69, 9.17) is 11.1 Å². The SMILES string of the molecule is N#Cc1cccc(C=NN)n1. The van der Waals surface area contributed by atoms with Crippen molar-refractivity contribution >= 4 is 6.21 Å². The molecule has 2 N–H and O–H groups in total. The van der Waals surface area contributed by atoms with Crippen molar-refractivity contribution in [3.63, 3.8) is 0 Å². The van der Waals surface area contributed by atoms with Gasteiger partial charge in [-0.05, 0) is 12.1 Å². The zero-order valence-corrected chi connectivity index (χ0v) is 5.73. The average molecular weight is 146 g/mol. The van der Waals surface area contributed by atoms with Crippen molar-refractivity contribution in [3.8, 4) is 6.07 Å². The zero-order chi connectivity index (χ0) is 8.10. The second kappa shape index (κ2) is 3.32. The molecule has 1 heterocycles. The van der Waals surface area contributed by atoms with E-state index in [0.29, 0.717) is 11.4 Å². The van der Waals surface area contributed by atoms with Gasteiger partial charge in [0.2, 0.25) is 0 Å². The van der Waals surface area contributed by atoms with Crippen LogP contribution >= 0.6 is 0 Å². The van der Waals surface area contributed by atoms with E-state index in [-0.39, 0.29) is 0 Å². The highest BCUT2D eigenvalue weighted by molar-refractivity contribution is 5.76. The van der Waals surface area contributed by atoms with Crippen molar-refractivity contribution in [2.24, 2.45) is 10.9 Å². The fourth-order valence-corrected chi connectivity index (χ4v) is 0.662. The highest BCUT2D eigenvalue weighted by Gasteiger charge is 1.91. The van der Waals surface area contributed by atoms with Crippen molar-refractivity contribution in [1.82, 2.24) is 4.98 Å². The van der Waals surface area contributed by atoms with E-state index in [2.05, 4.69) is 10.1 Å². The first-order valence-electron chi connectivity index (χ1n) is 2.97. The summed E-state index contributed by atoms with van der Waals surface area (Å²) in [6, 6.07) is 6.98. The molecular weight excluding hydrogens is 140 g/mol. The summed E-state index contributed by atoms with van der Waals surface area (Å²) in [6.45, 7) is 0. The quantitative estimate of drug-likeness (QED) is 0.350. The fraction of sp³-hybridized carbons (Fsp3) is 0. The minimum atomic E-state index is 0.363. The van der Waals surface area contributed by atoms with E-state index in [1.54, 1.807) is 18.2 Å². The minimum Gasteiger partial charge on any atom is -0.323 e. The Labute approximate surface area is 64.0 Å². The normalized spacial score (nSPS) is 9.73. The summed E-state index contributed by atoms with van der Waals surface area (Å²) in [6.07, 6.45) is 1.39. The fourth-order valence-electron chi connectivity index (χ4n) is 0.662. The third kappa shape index (κ3) is 1.76. The van der Waals surface area contributed by atoms with Gasteiger partial charge in [-0.2, -0.15) is 10.4 Å². The van der Waals surface area contributed by atoms with Crippen LogP contribution in [0.1, 0.15) is 11.4 Å². The highest BCUT2D eigenvalue weighted by atomic mass is 15.1. The van der Waals surface area contributed by atoms with Gasteiger partial charge in [-0.1, -0.05) is 6.07 Å². The molecule has 4 heteroatoms. The average Bonchev–Trinajstić information content (AvgIpc) is 2.06. The smallest absolute Gasteiger partial charge is 0.141 e. The van der Waals surface area contributed by atoms with Crippen molar-refractivity contribution in [3.05, 3.63) is 29.6 Å². The lowest BCUT2D eigenvalue weighted by Gasteiger charge is -1.89. The molecule has 0 aromatic carbocycles. The third-order valence-electron chi connectivity index (χ3n) is 1.09. The van der Waals surface area contributed by atoms with Crippen LogP contribution in [0.2, 0.25) is 0 Å². The molecule has 0 fully saturated rings. The zero-order valence-electron chi connectivity index (χ0n) is 5.73. The van der Waals surface area contributed by atoms with Gasteiger partial charge >= 0.3 is 0 Å². The Morgan fingerprint density at radius 3 is 3.09 bits per heavy atom. The summed E-state index contributed by atoms with van der Waals surface area (Å²) in [5.41, 5.74) is 0.953. The molecule has 0 atom stereocenters. The van der Waals surface area contributed by atoms with Crippen LogP contribution in [-0.2, 0) is 0 Å². The Morgan fingerprint density at radius 1 is 1.64 bits per heavy atom. The molecule has 1 aromatic rings. The van der Waals surface area contributed by atoms with Crippen LogP contribution in [0.3, 0.4) is 0 Å². The molecule has 11 heavy (non-hydrogen) atoms. The van der Waals surface area contributed by atoms with Gasteiger partial charge in [-0.25, -0.2) is 4.98 Å². The molecule has 0 bridgehead atoms. The van der Waals surface area contributed by atoms with E-state index < -0.39 is 0 Å². The molecule has 1 aromatic heterocycles. The molecule has 0 saturated heterocycles. The van der Waals surface area contributed by atoms with Crippen LogP contribution in [0.4, 0.5) is 0 Å². The maximum atomic E-state index is 8.44. The van der Waals surface area contributed by atoms with Crippen LogP contribution in [0.5, 0.6) is 0 Å². The predicted molar refractivity (Wildman–Crippen MR) is 40.7 cm³/mol. The standard InChI is InChI=1S/C7H6N4/c8-4-6-2-1-3-7(11-6)5-10-9/h1-3,5H,9H2. The van der Waals surface area contributed by atoms with Gasteiger partial charge in [0.1, 0.15) is 11.8 Å². The second-order valence-electron chi connectivity index (χ2n) is 1.84. The Balaban J connectivity index is 3.03. The lowest BCUT2D eigenvalue weighted by molar-refractivity contribution is 1.21. The number of aromatic nitrogens is 1. The molecule has 0 unspecified atom stereocenters. The predicted octanol–water partition coefficient (Wildman–Crippen LogP) is 0.246. The van der Waals surface area contributed by atoms with Gasteiger partial charge < -0.3 is 5.84 Å². The van der Waals surface area contributed by atoms with Crippen molar-refractivity contribution in [1.29, 1.82) is 5.26 Å². The van der Waals surface area contributed by atoms with Gasteiger partial charge in [0, 0.05) is 0 Å². The molecule has 0 amide bonds. The monoisotopic (exact) mass is 146 g/mol. The van der Waals surface area contributed by atoms with Gasteiger partial charge in [0.25, 0.3) is 0 Å². The summed E-state index contributed by atoms with van der Waals surface area (Å²) in [7, 11) is 0. The lowest BCUT2D eigenvalue weighted by Crippen LogP contribution is -1.92. The van der Waals surface area contributed by atoms with Crippen LogP contribution in [0.15, 0.2) is 23.3 Å². The first-order chi connectivity index (χ1) is 5.36. The van der Waals surface area contributed by atoms with E-state index in [1.165, 1.54) is 6.21 Å². The minimum absolute atomic E-state index is 0.363. The topological polar surface area (TPSA) is 75.1 Å². The van der Waals surface area contributed by atoms with Gasteiger partial charge in [-0.3, -0.25) is 0 Å². The second-order valence-corrected chi connectivity index (χ2v) is 1.84. The maximum Gasteiger partial charge on any atom is 0.141 e. The molecular formula is C7H6N4. The Kier molecular flexibility index (Phi) is 2.18. The van der Waals surface area contributed by atoms with Crippen molar-refractivity contribution in [2.45, 2.75) is 0 Å². The number of nitrogens with two attached hydrogens (primary N) is 1. The molecule has 0 aliphatic heterocycles. The van der Waals surface area contributed by atoms with E-state index in [1.807, 2.05) is 6.07 Å². The van der Waals surface area contributed by atoms with Crippen LogP contribution < -0.4 is 5.84 Å². The van der Waals surface area contributed by atoms with E-state index in [0.717, 1.165) is 0 Å². The van der Waals surface area contributed by atoms with Gasteiger partial charge in [0.05, 0.1) is 11.9 Å². The molecule has 0 saturated carbocycles. The Morgan fingerprint density at radius 2 is 2.45 bits per heavy atom. The number of hydrogen-bond acceptors (Lipinski definition) is 4. The van der Waals surface area contributed by atoms with Crippen LogP contribution in [0.25, 0.3) is 0 Å². The first kappa shape index (κ1) is 7.22. The number of hydrogen-bond donors (Lipinski definition) is 1. The first-order valence-corrected chi connectivity index (χ1v) is 2.97. The molecule has 4 nitrogen and oxygen atoms in total. The Bertz CT molecular complexity index is 310. The lowest BCUT2D eigenvalue weighted by atomic mass is 10.3. The van der Waals surface area contributed by atoms with Gasteiger partial charge in [-0.15, -0.1) is 0 Å². The molecule has 0 aliphatic carbocycles. The van der Waals surface area contributed by atoms with Crippen LogP contribution in [0, 0.1) is 11.3 Å². The number of nitrogens with zero attached hydrogens (tertiary/aromatic N) is 3. The third-order valence-corrected chi connectivity index (χ3v) is 1.09. The summed E-state index contributed by atoms with van der Waals surface area (Å²) in [5, 5.41) is 11.7.